The number of anilines is 2. The molecule has 2 rings (SSSR count). The lowest BCUT2D eigenvalue weighted by Gasteiger charge is -2.11. The smallest absolute Gasteiger partial charge is 0.373 e. The molecule has 17 heteroatoms. The van der Waals surface area contributed by atoms with Gasteiger partial charge < -0.3 is 11.1 Å². The zero-order valence-electron chi connectivity index (χ0n) is 27.3. The molecular weight excluding hydrogens is 616 g/mol. The summed E-state index contributed by atoms with van der Waals surface area (Å²) in [5, 5.41) is 11.5. The van der Waals surface area contributed by atoms with Gasteiger partial charge in [0, 0.05) is 24.9 Å². The number of nitrogens with two attached hydrogens (primary N) is 1. The Kier molecular flexibility index (Phi) is 35.5. The first-order chi connectivity index (χ1) is 21.0. The summed E-state index contributed by atoms with van der Waals surface area (Å²) in [7, 11) is 0. The van der Waals surface area contributed by atoms with Gasteiger partial charge >= 0.3 is 24.6 Å². The van der Waals surface area contributed by atoms with Gasteiger partial charge in [0.2, 0.25) is 11.1 Å². The molecule has 2 aromatic rings. The van der Waals surface area contributed by atoms with E-state index in [0.29, 0.717) is 24.9 Å². The van der Waals surface area contributed by atoms with E-state index in [-0.39, 0.29) is 35.8 Å². The van der Waals surface area contributed by atoms with E-state index in [4.69, 9.17) is 55.7 Å². The second kappa shape index (κ2) is 32.1. The molecule has 0 aliphatic carbocycles. The lowest BCUT2D eigenvalue weighted by molar-refractivity contribution is -0.193. The summed E-state index contributed by atoms with van der Waals surface area (Å²) < 4.78 is 3.99. The normalized spacial score (nSPS) is 8.38. The summed E-state index contributed by atoms with van der Waals surface area (Å²) in [4.78, 5) is 86.0. The molecule has 0 aliphatic rings. The molecule has 45 heavy (non-hydrogen) atoms. The molecule has 3 N–H and O–H groups in total. The monoisotopic (exact) mass is 658 g/mol. The van der Waals surface area contributed by atoms with Crippen molar-refractivity contribution in [2.24, 2.45) is 0 Å². The minimum Gasteiger partial charge on any atom is -0.396 e. The molecule has 0 saturated heterocycles. The fourth-order valence-corrected chi connectivity index (χ4v) is 3.14. The van der Waals surface area contributed by atoms with Crippen LogP contribution in [0.1, 0.15) is 103 Å². The number of nitrogens with one attached hydrogen (secondary N) is 1. The molecule has 0 unspecified atom stereocenters. The number of aryl methyl sites for hydroxylation is 2. The van der Waals surface area contributed by atoms with E-state index in [1.54, 1.807) is 6.92 Å². The first-order valence-electron chi connectivity index (χ1n) is 13.4. The number of amides is 1. The zero-order valence-corrected chi connectivity index (χ0v) is 28.1. The standard InChI is InChI=1S/C12H21N3O.C9H17N3.C3H5ClO.4CO2/c1-6-10-12(13-11(16)7-2)9(5)14-15(10)8(3)4;1-5-8-9(10)7(4)11-12(8)6(2)3;1-2-3(4)5;4*2-1-3/h8H,6-7H2,1-5H3,(H,13,16);6H,5,10H2,1-4H3;2H2,1H3;;;;. The molecule has 0 saturated carbocycles. The molecule has 0 aromatic carbocycles. The molecule has 2 heterocycles. The van der Waals surface area contributed by atoms with Crippen LogP contribution in [0.3, 0.4) is 0 Å². The number of hydrogen-bond acceptors (Lipinski definition) is 13. The predicted molar refractivity (Wildman–Crippen MR) is 158 cm³/mol. The second-order valence-electron chi connectivity index (χ2n) is 8.58. The lowest BCUT2D eigenvalue weighted by Crippen LogP contribution is -2.12. The van der Waals surface area contributed by atoms with Gasteiger partial charge in [-0.15, -0.1) is 0 Å². The summed E-state index contributed by atoms with van der Waals surface area (Å²) >= 11 is 4.82. The first kappa shape index (κ1) is 49.8. The highest BCUT2D eigenvalue weighted by Gasteiger charge is 2.16. The van der Waals surface area contributed by atoms with Crippen LogP contribution in [0.2, 0.25) is 0 Å². The molecule has 1 amide bonds. The van der Waals surface area contributed by atoms with E-state index >= 15 is 0 Å². The Bertz CT molecular complexity index is 1210. The van der Waals surface area contributed by atoms with Crippen molar-refractivity contribution in [1.82, 2.24) is 19.6 Å². The average molecular weight is 659 g/mol. The van der Waals surface area contributed by atoms with E-state index in [0.717, 1.165) is 47.0 Å². The summed E-state index contributed by atoms with van der Waals surface area (Å²) in [6.07, 6.45) is 3.75. The summed E-state index contributed by atoms with van der Waals surface area (Å²) in [5.41, 5.74) is 11.7. The topological polar surface area (TPSA) is 244 Å². The van der Waals surface area contributed by atoms with Gasteiger partial charge in [-0.05, 0) is 66.0 Å². The maximum absolute atomic E-state index is 11.4. The highest BCUT2D eigenvalue weighted by atomic mass is 35.5. The molecule has 0 radical (unpaired) electrons. The van der Waals surface area contributed by atoms with Crippen molar-refractivity contribution in [1.29, 1.82) is 0 Å². The number of carbonyl (C=O) groups excluding carboxylic acids is 10. The number of rotatable bonds is 7. The summed E-state index contributed by atoms with van der Waals surface area (Å²) in [5.74, 6) is 0.0427. The largest absolute Gasteiger partial charge is 0.396 e. The molecule has 0 bridgehead atoms. The second-order valence-corrected chi connectivity index (χ2v) is 9.00. The van der Waals surface area contributed by atoms with E-state index in [1.165, 1.54) is 0 Å². The van der Waals surface area contributed by atoms with Gasteiger partial charge in [-0.1, -0.05) is 27.7 Å². The third-order valence-corrected chi connectivity index (χ3v) is 5.20. The number of nitrogens with zero attached hydrogens (tertiary/aromatic N) is 4. The van der Waals surface area contributed by atoms with Crippen LogP contribution in [0.15, 0.2) is 0 Å². The van der Waals surface area contributed by atoms with Gasteiger partial charge in [-0.3, -0.25) is 19.0 Å². The fraction of sp³-hybridized carbons (Fsp3) is 0.571. The average Bonchev–Trinajstić information content (AvgIpc) is 3.45. The van der Waals surface area contributed by atoms with Crippen LogP contribution < -0.4 is 11.1 Å². The van der Waals surface area contributed by atoms with E-state index in [9.17, 15) is 9.59 Å². The molecular formula is C28H43ClN6O10. The van der Waals surface area contributed by atoms with Crippen molar-refractivity contribution in [3.05, 3.63) is 22.8 Å². The van der Waals surface area contributed by atoms with Crippen LogP contribution in [-0.2, 0) is 60.8 Å². The summed E-state index contributed by atoms with van der Waals surface area (Å²) in [6.45, 7) is 20.1. The fourth-order valence-electron chi connectivity index (χ4n) is 3.14. The first-order valence-corrected chi connectivity index (χ1v) is 13.8. The molecule has 0 fully saturated rings. The quantitative estimate of drug-likeness (QED) is 0.405. The van der Waals surface area contributed by atoms with Crippen molar-refractivity contribution < 1.29 is 47.9 Å². The van der Waals surface area contributed by atoms with E-state index < -0.39 is 0 Å². The minimum atomic E-state index is -0.273. The maximum atomic E-state index is 11.4. The van der Waals surface area contributed by atoms with Crippen molar-refractivity contribution in [3.63, 3.8) is 0 Å². The lowest BCUT2D eigenvalue weighted by atomic mass is 10.2. The predicted octanol–water partition coefficient (Wildman–Crippen LogP) is 3.43. The van der Waals surface area contributed by atoms with E-state index in [2.05, 4.69) is 57.1 Å². The third kappa shape index (κ3) is 24.3. The van der Waals surface area contributed by atoms with Crippen LogP contribution in [-0.4, -0.2) is 55.3 Å². The number of carbonyl (C=O) groups is 2. The molecule has 0 spiro atoms. The molecule has 16 nitrogen and oxygen atoms in total. The molecule has 0 aliphatic heterocycles. The van der Waals surface area contributed by atoms with Gasteiger partial charge in [0.15, 0.2) is 0 Å². The van der Waals surface area contributed by atoms with Crippen LogP contribution in [0.4, 0.5) is 11.4 Å². The Hall–Kier alpha value is -4.83. The van der Waals surface area contributed by atoms with Crippen LogP contribution in [0, 0.1) is 13.8 Å². The van der Waals surface area contributed by atoms with Crippen LogP contribution >= 0.6 is 11.6 Å². The van der Waals surface area contributed by atoms with E-state index in [1.807, 2.05) is 30.1 Å². The third-order valence-electron chi connectivity index (χ3n) is 4.93. The van der Waals surface area contributed by atoms with Gasteiger partial charge in [0.25, 0.3) is 0 Å². The number of hydrogen-bond donors (Lipinski definition) is 2. The Morgan fingerprint density at radius 2 is 1.02 bits per heavy atom. The van der Waals surface area contributed by atoms with Gasteiger partial charge in [-0.25, -0.2) is 0 Å². The maximum Gasteiger partial charge on any atom is 0.373 e. The van der Waals surface area contributed by atoms with Crippen LogP contribution in [0.5, 0.6) is 0 Å². The minimum absolute atomic E-state index is 0.0427. The van der Waals surface area contributed by atoms with Crippen molar-refractivity contribution >= 4 is 58.7 Å². The molecule has 2 aromatic heterocycles. The highest BCUT2D eigenvalue weighted by Crippen LogP contribution is 2.24. The molecule has 252 valence electrons. The Balaban J connectivity index is -0.000000161. The summed E-state index contributed by atoms with van der Waals surface area (Å²) in [6, 6.07) is 0.719. The van der Waals surface area contributed by atoms with Crippen molar-refractivity contribution in [2.45, 2.75) is 107 Å². The van der Waals surface area contributed by atoms with Crippen molar-refractivity contribution in [2.75, 3.05) is 11.1 Å². The van der Waals surface area contributed by atoms with Crippen LogP contribution in [0.25, 0.3) is 0 Å². The Morgan fingerprint density at radius 3 is 1.27 bits per heavy atom. The number of aromatic nitrogens is 4. The Morgan fingerprint density at radius 1 is 0.711 bits per heavy atom. The highest BCUT2D eigenvalue weighted by molar-refractivity contribution is 6.63. The van der Waals surface area contributed by atoms with Gasteiger partial charge in [0.1, 0.15) is 0 Å². The number of nitrogen functional groups attached to an aromatic ring is 1. The zero-order chi connectivity index (χ0) is 36.7. The Labute approximate surface area is 267 Å². The van der Waals surface area contributed by atoms with Gasteiger partial charge in [0.05, 0.1) is 34.2 Å². The van der Waals surface area contributed by atoms with Gasteiger partial charge in [-0.2, -0.15) is 48.6 Å². The number of halogens is 1. The van der Waals surface area contributed by atoms with Crippen molar-refractivity contribution in [3.8, 4) is 0 Å². The SMILES string of the molecule is CCC(=O)Cl.CCC(=O)Nc1c(C)nn(C(C)C)c1CC.CCc1c(N)c(C)nn1C(C)C.O=C=O.O=C=O.O=C=O.O=C=O. The molecule has 0 atom stereocenters.